The summed E-state index contributed by atoms with van der Waals surface area (Å²) in [6, 6.07) is 28.8. The first-order valence-electron chi connectivity index (χ1n) is 30.8. The van der Waals surface area contributed by atoms with Crippen LogP contribution >= 0.6 is 46.1 Å². The Morgan fingerprint density at radius 1 is 0.578 bits per heavy atom. The van der Waals surface area contributed by atoms with Crippen molar-refractivity contribution in [3.8, 4) is 79.0 Å². The third-order valence-corrected chi connectivity index (χ3v) is 14.9. The molecule has 0 fully saturated rings. The van der Waals surface area contributed by atoms with Gasteiger partial charge in [-0.3, -0.25) is 4.79 Å². The maximum absolute atomic E-state index is 13.3. The summed E-state index contributed by atoms with van der Waals surface area (Å²) < 4.78 is 53.5. The average Bonchev–Trinajstić information content (AvgIpc) is 2.28. The van der Waals surface area contributed by atoms with Crippen LogP contribution in [0.1, 0.15) is 159 Å². The predicted octanol–water partition coefficient (Wildman–Crippen LogP) is 20.3. The summed E-state index contributed by atoms with van der Waals surface area (Å²) in [4.78, 5) is 13.3. The largest absolute Gasteiger partial charge is 2.00 e. The summed E-state index contributed by atoms with van der Waals surface area (Å²) in [5.74, 6) is 4.93. The molecule has 474 valence electrons. The maximum Gasteiger partial charge on any atom is 2.00 e. The molecular weight excluding hydrogens is 1230 g/mol. The molecule has 0 aliphatic heterocycles. The van der Waals surface area contributed by atoms with E-state index in [4.69, 9.17) is 81.2 Å². The number of nitrogens with zero attached hydrogens (tertiary/aromatic N) is 2. The summed E-state index contributed by atoms with van der Waals surface area (Å²) in [7, 11) is 9.27. The van der Waals surface area contributed by atoms with Gasteiger partial charge in [0.2, 0.25) is 5.78 Å². The Bertz CT molecular complexity index is 2940. The molecule has 0 N–H and O–H groups in total. The predicted molar refractivity (Wildman–Crippen MR) is 376 cm³/mol. The van der Waals surface area contributed by atoms with Crippen LogP contribution < -0.4 is 28.4 Å². The second-order valence-corrected chi connectivity index (χ2v) is 23.7. The van der Waals surface area contributed by atoms with Crippen LogP contribution in [-0.4, -0.2) is 132 Å². The zero-order valence-corrected chi connectivity index (χ0v) is 62.0. The third-order valence-electron chi connectivity index (χ3n) is 12.9. The molecule has 8 aromatic rings. The van der Waals surface area contributed by atoms with Crippen LogP contribution in [0.5, 0.6) is 34.5 Å². The number of methoxy groups -OCH3 is 6. The van der Waals surface area contributed by atoms with E-state index in [9.17, 15) is 4.79 Å². The fraction of sp³-hybridized carbons (Fsp3) is 0.420. The molecule has 0 saturated carbocycles. The van der Waals surface area contributed by atoms with Gasteiger partial charge >= 0.3 is 67.1 Å². The minimum Gasteiger partial charge on any atom is 2.00 e. The van der Waals surface area contributed by atoms with Crippen molar-refractivity contribution in [2.75, 3.05) is 49.3 Å². The minimum absolute atomic E-state index is 0. The van der Waals surface area contributed by atoms with Gasteiger partial charge in [0.15, 0.2) is 5.76 Å². The fourth-order valence-corrected chi connectivity index (χ4v) is 9.53. The molecule has 0 radical (unpaired) electrons. The van der Waals surface area contributed by atoms with E-state index in [2.05, 4.69) is 86.9 Å². The van der Waals surface area contributed by atoms with E-state index in [0.29, 0.717) is 88.4 Å². The molecule has 4 aromatic carbocycles. The third kappa shape index (κ3) is 29.7. The Kier molecular flexibility index (Phi) is 47.5. The number of furan rings is 3. The molecule has 0 aliphatic rings. The Hall–Kier alpha value is -3.69. The van der Waals surface area contributed by atoms with Crippen LogP contribution in [0.3, 0.4) is 0 Å². The first-order chi connectivity index (χ1) is 43.1. The van der Waals surface area contributed by atoms with Gasteiger partial charge in [0.05, 0.1) is 48.9 Å². The van der Waals surface area contributed by atoms with E-state index in [1.165, 1.54) is 109 Å². The van der Waals surface area contributed by atoms with Crippen molar-refractivity contribution >= 4 is 119 Å². The zero-order chi connectivity index (χ0) is 65.9. The molecule has 90 heavy (non-hydrogen) atoms. The summed E-state index contributed by atoms with van der Waals surface area (Å²) in [5.41, 5.74) is 4.02. The summed E-state index contributed by atoms with van der Waals surface area (Å²) in [6.45, 7) is 18.9. The van der Waals surface area contributed by atoms with Gasteiger partial charge in [0.1, 0.15) is 77.2 Å². The van der Waals surface area contributed by atoms with Crippen LogP contribution in [0.15, 0.2) is 117 Å². The normalized spacial score (nSPS) is 10.3. The van der Waals surface area contributed by atoms with Crippen molar-refractivity contribution in [2.45, 2.75) is 144 Å². The van der Waals surface area contributed by atoms with Crippen molar-refractivity contribution < 1.29 is 51.2 Å². The van der Waals surface area contributed by atoms with Crippen LogP contribution in [0.2, 0.25) is 15.1 Å². The maximum atomic E-state index is 13.3. The van der Waals surface area contributed by atoms with Gasteiger partial charge in [-0.25, -0.2) is 0 Å². The number of ketones is 1. The number of carbonyl (C=O) groups excluding carboxylic acids is 1. The quantitative estimate of drug-likeness (QED) is 0.0219. The topological polar surface area (TPSA) is 147 Å². The summed E-state index contributed by atoms with van der Waals surface area (Å²) >= 11 is 24.8. The fourth-order valence-electron chi connectivity index (χ4n) is 8.04. The van der Waals surface area contributed by atoms with Gasteiger partial charge in [0.25, 0.3) is 0 Å². The first kappa shape index (κ1) is 84.3. The van der Waals surface area contributed by atoms with Crippen LogP contribution in [0.25, 0.3) is 44.5 Å². The number of hydrogen-bond acceptors (Lipinski definition) is 14. The molecule has 0 aliphatic carbocycles. The number of unbranched alkanes of at least 4 members (excludes halogenated alkanes) is 11. The molecule has 21 heteroatoms. The van der Waals surface area contributed by atoms with Crippen molar-refractivity contribution in [1.29, 1.82) is 0 Å². The molecule has 4 heterocycles. The number of Topliss-reactive ketones (excluding diaryl/α,β-unsaturated/α-hetero) is 1. The Morgan fingerprint density at radius 2 is 0.989 bits per heavy atom. The van der Waals surface area contributed by atoms with Gasteiger partial charge in [-0.05, 0) is 97.7 Å². The second-order valence-electron chi connectivity index (χ2n) is 20.0. The molecule has 0 saturated heterocycles. The second kappa shape index (κ2) is 50.7. The molecule has 0 spiro atoms. The van der Waals surface area contributed by atoms with E-state index in [-0.39, 0.29) is 34.6 Å². The standard InChI is InChI=1S/C25H23ClN2O5S.C12H11ClO3.C12H10ClO3.2C8H18.C4H9.2Li.2Mg/c1-5-32-24(15-6-8-16(9-7-15)25-28-27-14(2)34-25)23(29)19-11-10-18(33-19)17-12-20(30-3)22(26)21(13-17)31-4;2*1-14-10-6-8(9-4-3-5-16-9)7-11(15-2)12(10)13;2*1-3-5-7-8-6-4-2;1-3-4-2;;;;/h6-13,24H,5H2,1-4H3;3-7H,1-2H3;3-4,6-7H,1-2H3;2*3-8H2,1-2H3;1,3-4H2,2H3;;;;/q;;-1;;;-1;;;;+2. The number of aryl methyl sites for hydroxylation is 1. The van der Waals surface area contributed by atoms with Crippen LogP contribution in [0, 0.1) is 20.1 Å². The smallest absolute Gasteiger partial charge is 2.00 e. The van der Waals surface area contributed by atoms with Crippen molar-refractivity contribution in [1.82, 2.24) is 10.2 Å². The molecule has 4 aromatic heterocycles. The monoisotopic (exact) mass is 1320 g/mol. The summed E-state index contributed by atoms with van der Waals surface area (Å²) in [5, 5.41) is 11.2. The van der Waals surface area contributed by atoms with E-state index in [0.717, 1.165) is 44.5 Å². The number of ether oxygens (including phenoxy) is 7. The van der Waals surface area contributed by atoms with E-state index < -0.39 is 6.10 Å². The van der Waals surface area contributed by atoms with Gasteiger partial charge in [-0.2, -0.15) is 12.5 Å². The number of carbonyl (C=O) groups is 1. The van der Waals surface area contributed by atoms with E-state index >= 15 is 0 Å². The number of rotatable bonds is 26. The molecular formula is C69H89Cl3Li2Mg2N2O11S. The van der Waals surface area contributed by atoms with Crippen LogP contribution in [-0.2, 0) is 4.74 Å². The zero-order valence-electron chi connectivity index (χ0n) is 56.0. The van der Waals surface area contributed by atoms with Crippen LogP contribution in [0.4, 0.5) is 0 Å². The number of halogens is 3. The van der Waals surface area contributed by atoms with Gasteiger partial charge in [-0.1, -0.05) is 188 Å². The van der Waals surface area contributed by atoms with Gasteiger partial charge in [0, 0.05) is 23.3 Å². The molecule has 0 bridgehead atoms. The molecule has 13 nitrogen and oxygen atoms in total. The van der Waals surface area contributed by atoms with Crippen molar-refractivity contribution in [2.24, 2.45) is 0 Å². The number of hydrogen-bond donors (Lipinski definition) is 0. The number of aromatic nitrogens is 2. The SMILES string of the molecule is CCCCCCCC.CCCCCCCC.CCOC(C(=O)c1ccc(-c2cc(OC)c(Cl)c(OC)c2)o1)c1ccc(-c2nnc(C)s2)cc1.COc1cc(-c2cc[c-]o2)cc(OC)c1Cl.COc1cc(-c2ccco2)cc(OC)c1Cl.[CH2-]CCC.[Li][Mg][Li].[Mg+2]. The Labute approximate surface area is 595 Å². The van der Waals surface area contributed by atoms with Crippen molar-refractivity contribution in [3.05, 3.63) is 148 Å². The van der Waals surface area contributed by atoms with E-state index in [1.807, 2.05) is 68.4 Å². The number of benzene rings is 4. The molecule has 8 rings (SSSR count). The average molecular weight is 1320 g/mol. The minimum atomic E-state index is -0.802. The summed E-state index contributed by atoms with van der Waals surface area (Å²) in [6.07, 6.45) is 22.7. The van der Waals surface area contributed by atoms with Crippen molar-refractivity contribution in [3.63, 3.8) is 0 Å². The van der Waals surface area contributed by atoms with Gasteiger partial charge < -0.3 is 53.3 Å². The molecule has 0 amide bonds. The van der Waals surface area contributed by atoms with E-state index in [1.54, 1.807) is 77.2 Å². The molecule has 1 atom stereocenters. The molecule has 1 unspecified atom stereocenters. The Morgan fingerprint density at radius 3 is 1.31 bits per heavy atom. The Balaban J connectivity index is 0.000000607. The van der Waals surface area contributed by atoms with Gasteiger partial charge in [-0.15, -0.1) is 16.3 Å². The first-order valence-corrected chi connectivity index (χ1v) is 35.6.